The standard InChI is InChI=1S/C12H25NO/c1-9-4-6-10(7-5-9)11(13)12(2,3)8-14/h9-11,14H,4-8,13H2,1-3H3. The summed E-state index contributed by atoms with van der Waals surface area (Å²) in [7, 11) is 0. The minimum absolute atomic E-state index is 0.120. The number of nitrogens with two attached hydrogens (primary N) is 1. The van der Waals surface area contributed by atoms with Crippen LogP contribution in [0.3, 0.4) is 0 Å². The van der Waals surface area contributed by atoms with Gasteiger partial charge in [0.1, 0.15) is 0 Å². The monoisotopic (exact) mass is 199 g/mol. The van der Waals surface area contributed by atoms with Gasteiger partial charge in [-0.15, -0.1) is 0 Å². The Morgan fingerprint density at radius 3 is 2.21 bits per heavy atom. The molecule has 1 fully saturated rings. The maximum absolute atomic E-state index is 9.27. The van der Waals surface area contributed by atoms with E-state index in [4.69, 9.17) is 5.73 Å². The van der Waals surface area contributed by atoms with E-state index < -0.39 is 0 Å². The first-order valence-corrected chi connectivity index (χ1v) is 5.84. The molecular weight excluding hydrogens is 174 g/mol. The van der Waals surface area contributed by atoms with Crippen LogP contribution in [0.4, 0.5) is 0 Å². The van der Waals surface area contributed by atoms with Crippen molar-refractivity contribution >= 4 is 0 Å². The summed E-state index contributed by atoms with van der Waals surface area (Å²) in [6.07, 6.45) is 5.09. The number of hydrogen-bond donors (Lipinski definition) is 2. The average Bonchev–Trinajstić information content (AvgIpc) is 2.18. The van der Waals surface area contributed by atoms with Crippen LogP contribution in [0.2, 0.25) is 0 Å². The summed E-state index contributed by atoms with van der Waals surface area (Å²) in [6, 6.07) is 0.153. The van der Waals surface area contributed by atoms with Gasteiger partial charge >= 0.3 is 0 Å². The van der Waals surface area contributed by atoms with Gasteiger partial charge in [-0.25, -0.2) is 0 Å². The fourth-order valence-electron chi connectivity index (χ4n) is 2.39. The van der Waals surface area contributed by atoms with Gasteiger partial charge < -0.3 is 10.8 Å². The van der Waals surface area contributed by atoms with Gasteiger partial charge in [-0.2, -0.15) is 0 Å². The van der Waals surface area contributed by atoms with Crippen LogP contribution in [-0.2, 0) is 0 Å². The van der Waals surface area contributed by atoms with Gasteiger partial charge in [0.25, 0.3) is 0 Å². The highest BCUT2D eigenvalue weighted by Gasteiger charge is 2.33. The van der Waals surface area contributed by atoms with E-state index in [1.807, 2.05) is 0 Å². The molecule has 1 aliphatic carbocycles. The average molecular weight is 199 g/mol. The number of hydrogen-bond acceptors (Lipinski definition) is 2. The molecular formula is C12H25NO. The zero-order chi connectivity index (χ0) is 10.8. The molecule has 0 radical (unpaired) electrons. The molecule has 0 aromatic heterocycles. The Morgan fingerprint density at radius 1 is 1.29 bits per heavy atom. The second-order valence-corrected chi connectivity index (χ2v) is 5.69. The zero-order valence-electron chi connectivity index (χ0n) is 9.79. The minimum atomic E-state index is -0.120. The summed E-state index contributed by atoms with van der Waals surface area (Å²) in [5.41, 5.74) is 6.10. The lowest BCUT2D eigenvalue weighted by molar-refractivity contribution is 0.0879. The molecule has 0 aliphatic heterocycles. The summed E-state index contributed by atoms with van der Waals surface area (Å²) in [5.74, 6) is 1.49. The molecule has 0 bridgehead atoms. The van der Waals surface area contributed by atoms with Crippen LogP contribution in [-0.4, -0.2) is 17.8 Å². The van der Waals surface area contributed by atoms with Gasteiger partial charge in [0.05, 0.1) is 0 Å². The minimum Gasteiger partial charge on any atom is -0.396 e. The Bertz CT molecular complexity index is 171. The summed E-state index contributed by atoms with van der Waals surface area (Å²) < 4.78 is 0. The molecule has 2 heteroatoms. The van der Waals surface area contributed by atoms with Gasteiger partial charge in [0, 0.05) is 18.1 Å². The molecule has 0 spiro atoms. The van der Waals surface area contributed by atoms with Crippen LogP contribution in [0.5, 0.6) is 0 Å². The molecule has 2 nitrogen and oxygen atoms in total. The molecule has 84 valence electrons. The first-order chi connectivity index (χ1) is 6.47. The molecule has 0 aromatic carbocycles. The van der Waals surface area contributed by atoms with Crippen molar-refractivity contribution < 1.29 is 5.11 Å². The second-order valence-electron chi connectivity index (χ2n) is 5.69. The van der Waals surface area contributed by atoms with Crippen LogP contribution in [0.25, 0.3) is 0 Å². The Balaban J connectivity index is 2.49. The summed E-state index contributed by atoms with van der Waals surface area (Å²) in [5, 5.41) is 9.27. The molecule has 3 N–H and O–H groups in total. The molecule has 0 amide bonds. The van der Waals surface area contributed by atoms with Crippen LogP contribution in [0.15, 0.2) is 0 Å². The van der Waals surface area contributed by atoms with Gasteiger partial charge in [0.15, 0.2) is 0 Å². The predicted molar refractivity (Wildman–Crippen MR) is 60.0 cm³/mol. The van der Waals surface area contributed by atoms with Crippen molar-refractivity contribution in [3.05, 3.63) is 0 Å². The Morgan fingerprint density at radius 2 is 1.79 bits per heavy atom. The lowest BCUT2D eigenvalue weighted by atomic mass is 9.71. The van der Waals surface area contributed by atoms with Crippen LogP contribution in [0.1, 0.15) is 46.5 Å². The molecule has 0 aromatic rings. The van der Waals surface area contributed by atoms with Crippen LogP contribution in [0, 0.1) is 17.3 Å². The van der Waals surface area contributed by atoms with E-state index >= 15 is 0 Å². The molecule has 1 aliphatic rings. The summed E-state index contributed by atoms with van der Waals surface area (Å²) >= 11 is 0. The normalized spacial score (nSPS) is 31.5. The van der Waals surface area contributed by atoms with Crippen molar-refractivity contribution in [3.8, 4) is 0 Å². The van der Waals surface area contributed by atoms with Crippen LogP contribution >= 0.6 is 0 Å². The molecule has 1 rings (SSSR count). The van der Waals surface area contributed by atoms with E-state index in [9.17, 15) is 5.11 Å². The highest BCUT2D eigenvalue weighted by atomic mass is 16.3. The summed E-state index contributed by atoms with van der Waals surface area (Å²) in [6.45, 7) is 6.64. The van der Waals surface area contributed by atoms with Gasteiger partial charge in [-0.3, -0.25) is 0 Å². The number of aliphatic hydroxyl groups excluding tert-OH is 1. The van der Waals surface area contributed by atoms with Crippen molar-refractivity contribution in [1.82, 2.24) is 0 Å². The SMILES string of the molecule is CC1CCC(C(N)C(C)(C)CO)CC1. The van der Waals surface area contributed by atoms with E-state index in [-0.39, 0.29) is 18.1 Å². The first kappa shape index (κ1) is 12.0. The smallest absolute Gasteiger partial charge is 0.0497 e. The second kappa shape index (κ2) is 4.63. The van der Waals surface area contributed by atoms with Gasteiger partial charge in [-0.1, -0.05) is 33.6 Å². The van der Waals surface area contributed by atoms with E-state index in [1.54, 1.807) is 0 Å². The fraction of sp³-hybridized carbons (Fsp3) is 1.00. The number of rotatable bonds is 3. The van der Waals surface area contributed by atoms with E-state index in [2.05, 4.69) is 20.8 Å². The Hall–Kier alpha value is -0.0800. The Kier molecular flexibility index (Phi) is 3.96. The van der Waals surface area contributed by atoms with Crippen molar-refractivity contribution in [1.29, 1.82) is 0 Å². The third-order valence-electron chi connectivity index (χ3n) is 3.88. The molecule has 1 unspecified atom stereocenters. The maximum Gasteiger partial charge on any atom is 0.0497 e. The van der Waals surface area contributed by atoms with Gasteiger partial charge in [-0.05, 0) is 24.7 Å². The highest BCUT2D eigenvalue weighted by Crippen LogP contribution is 2.35. The molecule has 0 heterocycles. The molecule has 14 heavy (non-hydrogen) atoms. The largest absolute Gasteiger partial charge is 0.396 e. The predicted octanol–water partition coefficient (Wildman–Crippen LogP) is 2.16. The fourth-order valence-corrected chi connectivity index (χ4v) is 2.39. The summed E-state index contributed by atoms with van der Waals surface area (Å²) in [4.78, 5) is 0. The van der Waals surface area contributed by atoms with Crippen molar-refractivity contribution in [2.24, 2.45) is 23.0 Å². The van der Waals surface area contributed by atoms with E-state index in [0.29, 0.717) is 5.92 Å². The zero-order valence-corrected chi connectivity index (χ0v) is 9.79. The first-order valence-electron chi connectivity index (χ1n) is 5.84. The van der Waals surface area contributed by atoms with E-state index in [1.165, 1.54) is 25.7 Å². The lowest BCUT2D eigenvalue weighted by Gasteiger charge is -2.38. The van der Waals surface area contributed by atoms with Crippen LogP contribution < -0.4 is 5.73 Å². The van der Waals surface area contributed by atoms with Crippen molar-refractivity contribution in [3.63, 3.8) is 0 Å². The molecule has 1 saturated carbocycles. The Labute approximate surface area is 87.9 Å². The highest BCUT2D eigenvalue weighted by molar-refractivity contribution is 4.88. The lowest BCUT2D eigenvalue weighted by Crippen LogP contribution is -2.46. The topological polar surface area (TPSA) is 46.2 Å². The van der Waals surface area contributed by atoms with E-state index in [0.717, 1.165) is 5.92 Å². The van der Waals surface area contributed by atoms with Gasteiger partial charge in [0.2, 0.25) is 0 Å². The van der Waals surface area contributed by atoms with Crippen molar-refractivity contribution in [2.45, 2.75) is 52.5 Å². The molecule has 1 atom stereocenters. The number of aliphatic hydroxyl groups is 1. The third kappa shape index (κ3) is 2.71. The quantitative estimate of drug-likeness (QED) is 0.731. The molecule has 0 saturated heterocycles. The third-order valence-corrected chi connectivity index (χ3v) is 3.88. The van der Waals surface area contributed by atoms with Crippen molar-refractivity contribution in [2.75, 3.05) is 6.61 Å². The maximum atomic E-state index is 9.27.